The van der Waals surface area contributed by atoms with Crippen LogP contribution in [0.1, 0.15) is 45.6 Å². The lowest BCUT2D eigenvalue weighted by Gasteiger charge is -2.21. The average Bonchev–Trinajstić information content (AvgIpc) is 2.29. The maximum atomic E-state index is 11.8. The molecule has 20 heavy (non-hydrogen) atoms. The monoisotopic (exact) mass is 279 g/mol. The van der Waals surface area contributed by atoms with E-state index in [0.29, 0.717) is 12.0 Å². The third kappa shape index (κ3) is 4.57. The Morgan fingerprint density at radius 3 is 2.65 bits per heavy atom. The summed E-state index contributed by atoms with van der Waals surface area (Å²) < 4.78 is 5.16. The maximum absolute atomic E-state index is 11.8. The summed E-state index contributed by atoms with van der Waals surface area (Å²) in [5, 5.41) is 12.4. The smallest absolute Gasteiger partial charge is 0.412 e. The quantitative estimate of drug-likeness (QED) is 0.654. The van der Waals surface area contributed by atoms with E-state index in [4.69, 9.17) is 4.74 Å². The Bertz CT molecular complexity index is 491. The largest absolute Gasteiger partial charge is 0.506 e. The summed E-state index contributed by atoms with van der Waals surface area (Å²) in [4.78, 5) is 22.4. The van der Waals surface area contributed by atoms with Crippen molar-refractivity contribution in [2.24, 2.45) is 0 Å². The first kappa shape index (κ1) is 16.0. The van der Waals surface area contributed by atoms with E-state index in [0.717, 1.165) is 6.29 Å². The van der Waals surface area contributed by atoms with Gasteiger partial charge in [0.15, 0.2) is 0 Å². The number of carbonyl (C=O) groups is 2. The van der Waals surface area contributed by atoms with Crippen LogP contribution in [0.3, 0.4) is 0 Å². The van der Waals surface area contributed by atoms with E-state index in [2.05, 4.69) is 5.32 Å². The van der Waals surface area contributed by atoms with Crippen LogP contribution in [0.5, 0.6) is 5.75 Å². The number of phenolic OH excluding ortho intramolecular Hbond substituents is 1. The van der Waals surface area contributed by atoms with Crippen molar-refractivity contribution in [3.63, 3.8) is 0 Å². The molecule has 1 rings (SSSR count). The molecule has 110 valence electrons. The fourth-order valence-corrected chi connectivity index (χ4v) is 1.78. The van der Waals surface area contributed by atoms with Crippen molar-refractivity contribution in [2.45, 2.75) is 45.6 Å². The molecule has 0 radical (unpaired) electrons. The molecule has 1 atom stereocenters. The zero-order valence-electron chi connectivity index (χ0n) is 12.3. The van der Waals surface area contributed by atoms with Crippen molar-refractivity contribution in [3.05, 3.63) is 23.8 Å². The average molecular weight is 279 g/mol. The van der Waals surface area contributed by atoms with Gasteiger partial charge in [-0.15, -0.1) is 0 Å². The number of ether oxygens (including phenoxy) is 1. The van der Waals surface area contributed by atoms with Gasteiger partial charge < -0.3 is 14.6 Å². The molecule has 0 aromatic heterocycles. The number of aromatic hydroxyl groups is 1. The second-order valence-corrected chi connectivity index (χ2v) is 5.67. The molecule has 0 bridgehead atoms. The number of aldehydes is 1. The molecule has 5 heteroatoms. The molecule has 2 N–H and O–H groups in total. The second-order valence-electron chi connectivity index (χ2n) is 5.67. The number of anilines is 1. The number of rotatable bonds is 4. The Morgan fingerprint density at radius 1 is 1.45 bits per heavy atom. The predicted octanol–water partition coefficient (Wildman–Crippen LogP) is 3.43. The summed E-state index contributed by atoms with van der Waals surface area (Å²) in [5.41, 5.74) is 0.363. The molecule has 1 aromatic carbocycles. The molecule has 5 nitrogen and oxygen atoms in total. The topological polar surface area (TPSA) is 75.6 Å². The highest BCUT2D eigenvalue weighted by atomic mass is 16.6. The van der Waals surface area contributed by atoms with Crippen molar-refractivity contribution < 1.29 is 19.4 Å². The van der Waals surface area contributed by atoms with E-state index in [1.54, 1.807) is 32.9 Å². The van der Waals surface area contributed by atoms with Gasteiger partial charge in [-0.05, 0) is 38.3 Å². The minimum Gasteiger partial charge on any atom is -0.506 e. The summed E-state index contributed by atoms with van der Waals surface area (Å²) in [7, 11) is 0. The first-order valence-electron chi connectivity index (χ1n) is 6.50. The zero-order valence-corrected chi connectivity index (χ0v) is 12.3. The zero-order chi connectivity index (χ0) is 15.3. The molecule has 0 aliphatic rings. The summed E-state index contributed by atoms with van der Waals surface area (Å²) in [6.45, 7) is 7.12. The third-order valence-corrected chi connectivity index (χ3v) is 2.68. The summed E-state index contributed by atoms with van der Waals surface area (Å²) in [6.07, 6.45) is 0.483. The van der Waals surface area contributed by atoms with Gasteiger partial charge in [-0.25, -0.2) is 4.79 Å². The van der Waals surface area contributed by atoms with E-state index in [-0.39, 0.29) is 17.4 Å². The van der Waals surface area contributed by atoms with Gasteiger partial charge in [-0.1, -0.05) is 19.1 Å². The molecular weight excluding hydrogens is 258 g/mol. The molecule has 0 aliphatic heterocycles. The van der Waals surface area contributed by atoms with E-state index >= 15 is 0 Å². The van der Waals surface area contributed by atoms with E-state index in [1.165, 1.54) is 6.07 Å². The van der Waals surface area contributed by atoms with Crippen molar-refractivity contribution in [2.75, 3.05) is 5.32 Å². The number of nitrogens with one attached hydrogen (secondary N) is 1. The maximum Gasteiger partial charge on any atom is 0.412 e. The Balaban J connectivity index is 2.99. The van der Waals surface area contributed by atoms with Gasteiger partial charge in [0.05, 0.1) is 5.69 Å². The standard InChI is InChI=1S/C15H21NO4/c1-10(8-9-17)11-6-5-7-12(18)13(11)16-14(19)20-15(2,3)4/h5-7,9-10,18H,8H2,1-4H3,(H,16,19). The number of para-hydroxylation sites is 1. The van der Waals surface area contributed by atoms with Crippen molar-refractivity contribution >= 4 is 18.1 Å². The molecule has 0 saturated heterocycles. The summed E-state index contributed by atoms with van der Waals surface area (Å²) in [5.74, 6) is -0.157. The summed E-state index contributed by atoms with van der Waals surface area (Å²) in [6, 6.07) is 4.91. The first-order chi connectivity index (χ1) is 9.24. The highest BCUT2D eigenvalue weighted by Gasteiger charge is 2.20. The fourth-order valence-electron chi connectivity index (χ4n) is 1.78. The molecule has 0 aliphatic carbocycles. The molecule has 0 heterocycles. The minimum atomic E-state index is -0.640. The minimum absolute atomic E-state index is 0.0499. The van der Waals surface area contributed by atoms with Crippen LogP contribution in [0.25, 0.3) is 0 Å². The highest BCUT2D eigenvalue weighted by molar-refractivity contribution is 5.88. The van der Waals surface area contributed by atoms with Crippen LogP contribution in [0.4, 0.5) is 10.5 Å². The van der Waals surface area contributed by atoms with Crippen LogP contribution in [-0.2, 0) is 9.53 Å². The van der Waals surface area contributed by atoms with Crippen LogP contribution in [0, 0.1) is 0 Å². The number of hydrogen-bond donors (Lipinski definition) is 2. The molecule has 0 saturated carbocycles. The van der Waals surface area contributed by atoms with Crippen molar-refractivity contribution in [3.8, 4) is 5.75 Å². The van der Waals surface area contributed by atoms with Crippen molar-refractivity contribution in [1.82, 2.24) is 0 Å². The number of benzene rings is 1. The Kier molecular flexibility index (Phi) is 5.13. The molecule has 1 aromatic rings. The van der Waals surface area contributed by atoms with Gasteiger partial charge >= 0.3 is 6.09 Å². The van der Waals surface area contributed by atoms with E-state index < -0.39 is 11.7 Å². The Labute approximate surface area is 118 Å². The lowest BCUT2D eigenvalue weighted by Crippen LogP contribution is -2.27. The number of amides is 1. The van der Waals surface area contributed by atoms with Crippen LogP contribution in [-0.4, -0.2) is 23.1 Å². The normalized spacial score (nSPS) is 12.6. The first-order valence-corrected chi connectivity index (χ1v) is 6.50. The van der Waals surface area contributed by atoms with E-state index in [9.17, 15) is 14.7 Å². The molecule has 0 fully saturated rings. The fraction of sp³-hybridized carbons (Fsp3) is 0.467. The highest BCUT2D eigenvalue weighted by Crippen LogP contribution is 2.33. The molecule has 1 amide bonds. The van der Waals surface area contributed by atoms with Gasteiger partial charge in [-0.2, -0.15) is 0 Å². The van der Waals surface area contributed by atoms with Gasteiger partial charge in [-0.3, -0.25) is 5.32 Å². The Hall–Kier alpha value is -2.04. The third-order valence-electron chi connectivity index (χ3n) is 2.68. The Morgan fingerprint density at radius 2 is 2.10 bits per heavy atom. The van der Waals surface area contributed by atoms with Gasteiger partial charge in [0.25, 0.3) is 0 Å². The summed E-state index contributed by atoms with van der Waals surface area (Å²) >= 11 is 0. The van der Waals surface area contributed by atoms with Crippen LogP contribution in [0.15, 0.2) is 18.2 Å². The van der Waals surface area contributed by atoms with Gasteiger partial charge in [0, 0.05) is 6.42 Å². The van der Waals surface area contributed by atoms with Crippen molar-refractivity contribution in [1.29, 1.82) is 0 Å². The number of hydrogen-bond acceptors (Lipinski definition) is 4. The second kappa shape index (κ2) is 6.41. The molecule has 1 unspecified atom stereocenters. The van der Waals surface area contributed by atoms with Crippen LogP contribution in [0.2, 0.25) is 0 Å². The molecular formula is C15H21NO4. The van der Waals surface area contributed by atoms with E-state index in [1.807, 2.05) is 6.92 Å². The predicted molar refractivity (Wildman–Crippen MR) is 77.1 cm³/mol. The van der Waals surface area contributed by atoms with Crippen LogP contribution < -0.4 is 5.32 Å². The van der Waals surface area contributed by atoms with Gasteiger partial charge in [0.2, 0.25) is 0 Å². The number of phenols is 1. The lowest BCUT2D eigenvalue weighted by molar-refractivity contribution is -0.108. The van der Waals surface area contributed by atoms with Crippen LogP contribution >= 0.6 is 0 Å². The lowest BCUT2D eigenvalue weighted by atomic mass is 9.96. The number of carbonyl (C=O) groups excluding carboxylic acids is 2. The SMILES string of the molecule is CC(CC=O)c1cccc(O)c1NC(=O)OC(C)(C)C. The molecule has 0 spiro atoms. The van der Waals surface area contributed by atoms with Gasteiger partial charge in [0.1, 0.15) is 17.6 Å².